The maximum atomic E-state index is 12.0. The van der Waals surface area contributed by atoms with E-state index in [4.69, 9.17) is 9.84 Å². The van der Waals surface area contributed by atoms with Gasteiger partial charge >= 0.3 is 12.0 Å². The predicted octanol–water partition coefficient (Wildman–Crippen LogP) is 0.0909. The zero-order chi connectivity index (χ0) is 14.2. The number of pyridine rings is 1. The summed E-state index contributed by atoms with van der Waals surface area (Å²) in [6, 6.07) is 0.00392. The molecule has 8 nitrogen and oxygen atoms in total. The number of carbonyl (C=O) groups is 1. The summed E-state index contributed by atoms with van der Waals surface area (Å²) in [5.41, 5.74) is -0.709. The van der Waals surface area contributed by atoms with E-state index in [9.17, 15) is 9.59 Å². The summed E-state index contributed by atoms with van der Waals surface area (Å²) >= 11 is 0. The lowest BCUT2D eigenvalue weighted by Gasteiger charge is -2.14. The van der Waals surface area contributed by atoms with Gasteiger partial charge in [-0.15, -0.1) is 0 Å². The highest BCUT2D eigenvalue weighted by molar-refractivity contribution is 5.93. The zero-order valence-electron chi connectivity index (χ0n) is 10.6. The molecule has 2 aromatic rings. The van der Waals surface area contributed by atoms with Crippen molar-refractivity contribution in [2.24, 2.45) is 0 Å². The molecule has 0 saturated carbocycles. The van der Waals surface area contributed by atoms with Gasteiger partial charge in [-0.25, -0.2) is 4.79 Å². The minimum atomic E-state index is -1.31. The number of aromatic carboxylic acids is 1. The molecule has 0 unspecified atom stereocenters. The number of rotatable bonds is 3. The number of aromatic amines is 1. The van der Waals surface area contributed by atoms with Crippen molar-refractivity contribution in [2.45, 2.75) is 0 Å². The molecule has 0 amide bonds. The maximum absolute atomic E-state index is 12.0. The molecule has 2 N–H and O–H groups in total. The number of hydrogen-bond acceptors (Lipinski definition) is 6. The quantitative estimate of drug-likeness (QED) is 0.808. The van der Waals surface area contributed by atoms with E-state index in [1.54, 1.807) is 19.0 Å². The molecule has 8 heteroatoms. The zero-order valence-corrected chi connectivity index (χ0v) is 10.6. The molecule has 0 spiro atoms. The van der Waals surface area contributed by atoms with Crippen LogP contribution in [0.3, 0.4) is 0 Å². The second-order valence-electron chi connectivity index (χ2n) is 3.99. The number of nitrogens with zero attached hydrogens (tertiary/aromatic N) is 3. The Labute approximate surface area is 107 Å². The molecular weight excluding hydrogens is 252 g/mol. The number of ether oxygens (including phenoxy) is 1. The highest BCUT2D eigenvalue weighted by Gasteiger charge is 2.17. The van der Waals surface area contributed by atoms with E-state index >= 15 is 0 Å². The monoisotopic (exact) mass is 264 g/mol. The Morgan fingerprint density at radius 3 is 2.63 bits per heavy atom. The molecule has 2 aromatic heterocycles. The summed E-state index contributed by atoms with van der Waals surface area (Å²) in [5.74, 6) is -0.872. The fraction of sp³-hybridized carbons (Fsp3) is 0.273. The van der Waals surface area contributed by atoms with Crippen molar-refractivity contribution in [2.75, 3.05) is 26.1 Å². The molecule has 0 bridgehead atoms. The van der Waals surface area contributed by atoms with Gasteiger partial charge in [-0.05, 0) is 0 Å². The molecule has 2 heterocycles. The van der Waals surface area contributed by atoms with Gasteiger partial charge in [-0.2, -0.15) is 9.97 Å². The molecule has 19 heavy (non-hydrogen) atoms. The number of fused-ring (bicyclic) bond motifs is 1. The van der Waals surface area contributed by atoms with Crippen LogP contribution in [0.2, 0.25) is 0 Å². The van der Waals surface area contributed by atoms with Gasteiger partial charge in [-0.1, -0.05) is 0 Å². The summed E-state index contributed by atoms with van der Waals surface area (Å²) < 4.78 is 4.92. The number of hydrogen-bond donors (Lipinski definition) is 2. The van der Waals surface area contributed by atoms with Crippen LogP contribution in [-0.2, 0) is 0 Å². The van der Waals surface area contributed by atoms with Crippen molar-refractivity contribution < 1.29 is 14.6 Å². The number of H-pyrrole nitrogens is 1. The van der Waals surface area contributed by atoms with Crippen LogP contribution in [-0.4, -0.2) is 47.2 Å². The van der Waals surface area contributed by atoms with Gasteiger partial charge in [0.15, 0.2) is 5.82 Å². The van der Waals surface area contributed by atoms with Crippen molar-refractivity contribution in [1.29, 1.82) is 0 Å². The van der Waals surface area contributed by atoms with Crippen LogP contribution in [0.5, 0.6) is 6.01 Å². The largest absolute Gasteiger partial charge is 0.477 e. The number of nitrogens with one attached hydrogen (secondary N) is 1. The van der Waals surface area contributed by atoms with Gasteiger partial charge < -0.3 is 19.7 Å². The third kappa shape index (κ3) is 2.07. The lowest BCUT2D eigenvalue weighted by Crippen LogP contribution is -2.19. The van der Waals surface area contributed by atoms with Crippen molar-refractivity contribution in [3.05, 3.63) is 22.0 Å². The van der Waals surface area contributed by atoms with Gasteiger partial charge in [0.25, 0.3) is 0 Å². The van der Waals surface area contributed by atoms with Crippen LogP contribution in [0.15, 0.2) is 11.0 Å². The van der Waals surface area contributed by atoms with Crippen LogP contribution in [0.25, 0.3) is 11.0 Å². The standard InChI is InChI=1S/C11H12N4O4/c1-15(2)9-7-6(13-11(14-9)19-3)8(16)5(4-12-7)10(17)18/h4H,1-3H3,(H,12,16)(H,17,18). The van der Waals surface area contributed by atoms with Crippen LogP contribution >= 0.6 is 0 Å². The summed E-state index contributed by atoms with van der Waals surface area (Å²) in [6.45, 7) is 0. The first-order valence-corrected chi connectivity index (χ1v) is 5.33. The lowest BCUT2D eigenvalue weighted by atomic mass is 10.2. The van der Waals surface area contributed by atoms with Crippen molar-refractivity contribution in [3.63, 3.8) is 0 Å². The van der Waals surface area contributed by atoms with Gasteiger partial charge in [0.1, 0.15) is 16.6 Å². The van der Waals surface area contributed by atoms with Crippen molar-refractivity contribution in [3.8, 4) is 6.01 Å². The Morgan fingerprint density at radius 2 is 2.11 bits per heavy atom. The highest BCUT2D eigenvalue weighted by Crippen LogP contribution is 2.20. The third-order valence-corrected chi connectivity index (χ3v) is 2.53. The molecule has 0 aliphatic carbocycles. The predicted molar refractivity (Wildman–Crippen MR) is 68.0 cm³/mol. The fourth-order valence-electron chi connectivity index (χ4n) is 1.64. The van der Waals surface area contributed by atoms with Gasteiger partial charge in [0.2, 0.25) is 5.43 Å². The first-order valence-electron chi connectivity index (χ1n) is 5.33. The summed E-state index contributed by atoms with van der Waals surface area (Å²) in [5, 5.41) is 8.93. The number of carboxylic acids is 1. The Hall–Kier alpha value is -2.64. The second-order valence-corrected chi connectivity index (χ2v) is 3.99. The van der Waals surface area contributed by atoms with Crippen LogP contribution in [0, 0.1) is 0 Å². The number of carboxylic acid groups (broad SMARTS) is 1. The molecule has 0 aromatic carbocycles. The average Bonchev–Trinajstić information content (AvgIpc) is 2.37. The topological polar surface area (TPSA) is 108 Å². The molecule has 0 aliphatic heterocycles. The van der Waals surface area contributed by atoms with E-state index in [0.29, 0.717) is 11.3 Å². The first kappa shape index (κ1) is 12.8. The van der Waals surface area contributed by atoms with E-state index in [1.165, 1.54) is 7.11 Å². The molecule has 0 saturated heterocycles. The van der Waals surface area contributed by atoms with E-state index in [-0.39, 0.29) is 17.1 Å². The smallest absolute Gasteiger partial charge is 0.341 e. The molecular formula is C11H12N4O4. The maximum Gasteiger partial charge on any atom is 0.341 e. The van der Waals surface area contributed by atoms with Crippen LogP contribution < -0.4 is 15.1 Å². The number of aromatic nitrogens is 3. The number of anilines is 1. The second kappa shape index (κ2) is 4.56. The van der Waals surface area contributed by atoms with Gasteiger partial charge in [0, 0.05) is 20.3 Å². The number of methoxy groups -OCH3 is 1. The van der Waals surface area contributed by atoms with E-state index in [0.717, 1.165) is 6.20 Å². The highest BCUT2D eigenvalue weighted by atomic mass is 16.5. The average molecular weight is 264 g/mol. The molecule has 0 fully saturated rings. The molecule has 100 valence electrons. The Balaban J connectivity index is 2.90. The summed E-state index contributed by atoms with van der Waals surface area (Å²) in [7, 11) is 4.85. The molecule has 0 radical (unpaired) electrons. The molecule has 2 rings (SSSR count). The summed E-state index contributed by atoms with van der Waals surface area (Å²) in [6.07, 6.45) is 1.13. The van der Waals surface area contributed by atoms with Gasteiger partial charge in [-0.3, -0.25) is 4.79 Å². The SMILES string of the molecule is COc1nc(N(C)C)c2[nH]cc(C(=O)O)c(=O)c2n1. The van der Waals surface area contributed by atoms with Crippen LogP contribution in [0.1, 0.15) is 10.4 Å². The first-order chi connectivity index (χ1) is 8.95. The minimum Gasteiger partial charge on any atom is -0.477 e. The van der Waals surface area contributed by atoms with E-state index < -0.39 is 11.4 Å². The third-order valence-electron chi connectivity index (χ3n) is 2.53. The Kier molecular flexibility index (Phi) is 3.07. The minimum absolute atomic E-state index is 0.00392. The normalized spacial score (nSPS) is 10.5. The molecule has 0 atom stereocenters. The van der Waals surface area contributed by atoms with Crippen molar-refractivity contribution >= 4 is 22.8 Å². The van der Waals surface area contributed by atoms with E-state index in [2.05, 4.69) is 15.0 Å². The summed E-state index contributed by atoms with van der Waals surface area (Å²) in [4.78, 5) is 35.4. The van der Waals surface area contributed by atoms with Crippen molar-refractivity contribution in [1.82, 2.24) is 15.0 Å². The van der Waals surface area contributed by atoms with E-state index in [1.807, 2.05) is 0 Å². The Morgan fingerprint density at radius 1 is 1.42 bits per heavy atom. The molecule has 0 aliphatic rings. The van der Waals surface area contributed by atoms with Crippen LogP contribution in [0.4, 0.5) is 5.82 Å². The lowest BCUT2D eigenvalue weighted by molar-refractivity contribution is 0.0695. The fourth-order valence-corrected chi connectivity index (χ4v) is 1.64. The van der Waals surface area contributed by atoms with Gasteiger partial charge in [0.05, 0.1) is 7.11 Å². The Bertz CT molecular complexity index is 708.